The summed E-state index contributed by atoms with van der Waals surface area (Å²) in [7, 11) is 0. The first-order valence-corrected chi connectivity index (χ1v) is 15.1. The van der Waals surface area contributed by atoms with Crippen LogP contribution in [-0.2, 0) is 22.6 Å². The van der Waals surface area contributed by atoms with Gasteiger partial charge in [0, 0.05) is 38.4 Å². The Morgan fingerprint density at radius 2 is 1.52 bits per heavy atom. The summed E-state index contributed by atoms with van der Waals surface area (Å²) >= 11 is 0. The van der Waals surface area contributed by atoms with E-state index >= 15 is 0 Å². The van der Waals surface area contributed by atoms with Crippen molar-refractivity contribution in [3.05, 3.63) is 88.9 Å². The Hall–Kier alpha value is -3.62. The molecule has 2 heterocycles. The van der Waals surface area contributed by atoms with E-state index in [9.17, 15) is 9.59 Å². The van der Waals surface area contributed by atoms with Gasteiger partial charge >= 0.3 is 6.03 Å². The zero-order valence-electron chi connectivity index (χ0n) is 25.8. The van der Waals surface area contributed by atoms with Crippen LogP contribution in [-0.4, -0.2) is 72.6 Å². The van der Waals surface area contributed by atoms with Crippen molar-refractivity contribution in [2.45, 2.75) is 59.5 Å². The number of nitrogens with zero attached hydrogens (tertiary/aromatic N) is 3. The molecule has 0 radical (unpaired) electrons. The molecule has 42 heavy (non-hydrogen) atoms. The molecule has 3 aromatic rings. The highest BCUT2D eigenvalue weighted by Gasteiger charge is 2.25. The zero-order valence-corrected chi connectivity index (χ0v) is 25.8. The highest BCUT2D eigenvalue weighted by atomic mass is 16.5. The number of morpholine rings is 1. The molecule has 1 aliphatic heterocycles. The summed E-state index contributed by atoms with van der Waals surface area (Å²) in [5.74, 6) is 1.86. The number of carbonyl (C=O) groups excluding carboxylic acids is 2. The van der Waals surface area contributed by atoms with Crippen molar-refractivity contribution in [2.24, 2.45) is 0 Å². The zero-order chi connectivity index (χ0) is 30.1. The van der Waals surface area contributed by atoms with Crippen LogP contribution in [0.15, 0.2) is 65.1 Å². The van der Waals surface area contributed by atoms with Crippen molar-refractivity contribution >= 4 is 17.6 Å². The highest BCUT2D eigenvalue weighted by Crippen LogP contribution is 2.32. The lowest BCUT2D eigenvalue weighted by molar-refractivity contribution is -0.133. The van der Waals surface area contributed by atoms with Crippen LogP contribution < -0.4 is 5.32 Å². The molecule has 8 nitrogen and oxygen atoms in total. The molecule has 4 rings (SSSR count). The Morgan fingerprint density at radius 3 is 2.12 bits per heavy atom. The average Bonchev–Trinajstić information content (AvgIpc) is 3.39. The molecular formula is C34H46N4O4. The van der Waals surface area contributed by atoms with Crippen LogP contribution >= 0.6 is 0 Å². The van der Waals surface area contributed by atoms with Gasteiger partial charge in [-0.25, -0.2) is 4.79 Å². The monoisotopic (exact) mass is 574 g/mol. The van der Waals surface area contributed by atoms with E-state index in [0.717, 1.165) is 41.2 Å². The minimum absolute atomic E-state index is 0.0381. The number of amides is 3. The normalized spacial score (nSPS) is 13.9. The smallest absolute Gasteiger partial charge is 0.322 e. The number of ether oxygens (including phenoxy) is 1. The van der Waals surface area contributed by atoms with Gasteiger partial charge in [-0.15, -0.1) is 0 Å². The lowest BCUT2D eigenvalue weighted by atomic mass is 9.93. The van der Waals surface area contributed by atoms with Gasteiger partial charge in [0.1, 0.15) is 18.1 Å². The number of para-hydroxylation sites is 1. The minimum Gasteiger partial charge on any atom is -0.464 e. The van der Waals surface area contributed by atoms with E-state index in [1.54, 1.807) is 9.80 Å². The lowest BCUT2D eigenvalue weighted by Crippen LogP contribution is -2.48. The summed E-state index contributed by atoms with van der Waals surface area (Å²) in [6.45, 7) is 15.2. The van der Waals surface area contributed by atoms with E-state index in [0.29, 0.717) is 45.2 Å². The first-order valence-electron chi connectivity index (χ1n) is 15.1. The molecule has 8 heteroatoms. The van der Waals surface area contributed by atoms with Gasteiger partial charge in [-0.1, -0.05) is 76.2 Å². The van der Waals surface area contributed by atoms with Gasteiger partial charge in [0.05, 0.1) is 19.8 Å². The summed E-state index contributed by atoms with van der Waals surface area (Å²) in [6, 6.07) is 19.7. The predicted octanol–water partition coefficient (Wildman–Crippen LogP) is 6.23. The van der Waals surface area contributed by atoms with Gasteiger partial charge < -0.3 is 24.3 Å². The first kappa shape index (κ1) is 31.3. The molecule has 1 fully saturated rings. The van der Waals surface area contributed by atoms with E-state index in [1.807, 2.05) is 49.4 Å². The standard InChI is InChI=1S/C34H46N4O4/c1-25(2)30-12-9-13-31(26(3)4)33(30)35-34(40)37(17-16-36-18-20-41-21-19-36)24-32(39)38(22-28-10-7-6-8-11-28)23-29-15-14-27(5)42-29/h6-15,25-26H,16-24H2,1-5H3,(H,35,40). The highest BCUT2D eigenvalue weighted by molar-refractivity contribution is 5.94. The molecule has 0 atom stereocenters. The van der Waals surface area contributed by atoms with Gasteiger partial charge in [-0.2, -0.15) is 0 Å². The second-order valence-corrected chi connectivity index (χ2v) is 11.7. The number of benzene rings is 2. The molecule has 0 bridgehead atoms. The largest absolute Gasteiger partial charge is 0.464 e. The molecule has 0 aliphatic carbocycles. The third-order valence-corrected chi connectivity index (χ3v) is 7.72. The van der Waals surface area contributed by atoms with Gasteiger partial charge in [-0.05, 0) is 47.6 Å². The molecule has 0 spiro atoms. The number of aryl methyl sites for hydroxylation is 1. The van der Waals surface area contributed by atoms with Gasteiger partial charge in [0.15, 0.2) is 0 Å². The van der Waals surface area contributed by atoms with Gasteiger partial charge in [0.25, 0.3) is 0 Å². The summed E-state index contributed by atoms with van der Waals surface area (Å²) in [5.41, 5.74) is 4.05. The number of urea groups is 1. The van der Waals surface area contributed by atoms with E-state index in [1.165, 1.54) is 0 Å². The Labute approximate surface area is 250 Å². The molecule has 0 unspecified atom stereocenters. The van der Waals surface area contributed by atoms with Crippen molar-refractivity contribution in [1.82, 2.24) is 14.7 Å². The maximum Gasteiger partial charge on any atom is 0.322 e. The Balaban J connectivity index is 1.58. The third-order valence-electron chi connectivity index (χ3n) is 7.72. The molecule has 3 amide bonds. The van der Waals surface area contributed by atoms with E-state index in [4.69, 9.17) is 9.15 Å². The van der Waals surface area contributed by atoms with Crippen LogP contribution in [0.25, 0.3) is 0 Å². The summed E-state index contributed by atoms with van der Waals surface area (Å²) in [6.07, 6.45) is 0. The molecule has 2 aromatic carbocycles. The Bertz CT molecular complexity index is 1270. The molecule has 226 valence electrons. The van der Waals surface area contributed by atoms with Crippen molar-refractivity contribution in [1.29, 1.82) is 0 Å². The van der Waals surface area contributed by atoms with Crippen molar-refractivity contribution < 1.29 is 18.7 Å². The molecule has 1 aromatic heterocycles. The third kappa shape index (κ3) is 8.69. The number of anilines is 1. The quantitative estimate of drug-likeness (QED) is 0.278. The molecule has 1 N–H and O–H groups in total. The van der Waals surface area contributed by atoms with Crippen LogP contribution in [0, 0.1) is 6.92 Å². The fourth-order valence-electron chi connectivity index (χ4n) is 5.28. The Morgan fingerprint density at radius 1 is 0.857 bits per heavy atom. The number of hydrogen-bond donors (Lipinski definition) is 1. The van der Waals surface area contributed by atoms with Crippen LogP contribution in [0.4, 0.5) is 10.5 Å². The first-order chi connectivity index (χ1) is 20.2. The lowest BCUT2D eigenvalue weighted by Gasteiger charge is -2.32. The summed E-state index contributed by atoms with van der Waals surface area (Å²) in [5, 5.41) is 3.23. The maximum absolute atomic E-state index is 14.0. The van der Waals surface area contributed by atoms with Crippen LogP contribution in [0.2, 0.25) is 0 Å². The van der Waals surface area contributed by atoms with Crippen LogP contribution in [0.3, 0.4) is 0 Å². The summed E-state index contributed by atoms with van der Waals surface area (Å²) in [4.78, 5) is 33.7. The molecular weight excluding hydrogens is 528 g/mol. The SMILES string of the molecule is Cc1ccc(CN(Cc2ccccc2)C(=O)CN(CCN2CCOCC2)C(=O)Nc2c(C(C)C)cccc2C(C)C)o1. The van der Waals surface area contributed by atoms with Gasteiger partial charge in [-0.3, -0.25) is 9.69 Å². The van der Waals surface area contributed by atoms with Crippen LogP contribution in [0.1, 0.15) is 67.7 Å². The average molecular weight is 575 g/mol. The second-order valence-electron chi connectivity index (χ2n) is 11.7. The van der Waals surface area contributed by atoms with Gasteiger partial charge in [0.2, 0.25) is 5.91 Å². The molecule has 0 saturated carbocycles. The maximum atomic E-state index is 14.0. The van der Waals surface area contributed by atoms with Crippen molar-refractivity contribution in [3.8, 4) is 0 Å². The number of hydrogen-bond acceptors (Lipinski definition) is 5. The van der Waals surface area contributed by atoms with Crippen molar-refractivity contribution in [3.63, 3.8) is 0 Å². The van der Waals surface area contributed by atoms with E-state index in [2.05, 4.69) is 56.1 Å². The number of carbonyl (C=O) groups is 2. The van der Waals surface area contributed by atoms with E-state index in [-0.39, 0.29) is 30.3 Å². The topological polar surface area (TPSA) is 78.3 Å². The number of rotatable bonds is 12. The number of furan rings is 1. The second kappa shape index (κ2) is 15.0. The summed E-state index contributed by atoms with van der Waals surface area (Å²) < 4.78 is 11.3. The minimum atomic E-state index is -0.264. The predicted molar refractivity (Wildman–Crippen MR) is 167 cm³/mol. The molecule has 1 saturated heterocycles. The van der Waals surface area contributed by atoms with Crippen molar-refractivity contribution in [2.75, 3.05) is 51.3 Å². The molecule has 1 aliphatic rings. The Kier molecular flexibility index (Phi) is 11.2. The van der Waals surface area contributed by atoms with E-state index < -0.39 is 0 Å². The fourth-order valence-corrected chi connectivity index (χ4v) is 5.28. The van der Waals surface area contributed by atoms with Crippen LogP contribution in [0.5, 0.6) is 0 Å². The number of nitrogens with one attached hydrogen (secondary N) is 1. The fraction of sp³-hybridized carbons (Fsp3) is 0.471.